The first-order valence-electron chi connectivity index (χ1n) is 39.1. The van der Waals surface area contributed by atoms with Gasteiger partial charge in [-0.2, -0.15) is 37.4 Å². The lowest BCUT2D eigenvalue weighted by atomic mass is 9.99. The van der Waals surface area contributed by atoms with Crippen LogP contribution in [0.3, 0.4) is 0 Å². The van der Waals surface area contributed by atoms with Crippen LogP contribution in [0.15, 0.2) is 178 Å². The predicted octanol–water partition coefficient (Wildman–Crippen LogP) is 7.86. The summed E-state index contributed by atoms with van der Waals surface area (Å²) in [4.78, 5) is 23.9. The molecule has 2 amide bonds. The number of nitrogens with two attached hydrogens (primary N) is 2. The maximum absolute atomic E-state index is 13.6. The van der Waals surface area contributed by atoms with E-state index in [-0.39, 0.29) is 133 Å². The molecule has 8 aliphatic rings. The molecule has 4 aliphatic carbocycles. The molecular weight excluding hydrogens is 1740 g/mol. The zero-order chi connectivity index (χ0) is 88.5. The number of primary sulfonamides is 1. The Morgan fingerprint density at radius 2 is 0.772 bits per heavy atom. The lowest BCUT2D eigenvalue weighted by Gasteiger charge is -2.30. The van der Waals surface area contributed by atoms with Crippen LogP contribution in [0.2, 0.25) is 0 Å². The lowest BCUT2D eigenvalue weighted by Crippen LogP contribution is -2.42. The highest BCUT2D eigenvalue weighted by Gasteiger charge is 2.41. The van der Waals surface area contributed by atoms with E-state index in [1.165, 1.54) is 112 Å². The van der Waals surface area contributed by atoms with Crippen molar-refractivity contribution < 1.29 is 95.1 Å². The molecule has 6 aromatic carbocycles. The van der Waals surface area contributed by atoms with Crippen molar-refractivity contribution >= 4 is 96.9 Å². The molecule has 123 heavy (non-hydrogen) atoms. The Hall–Kier alpha value is -9.89. The van der Waals surface area contributed by atoms with E-state index in [1.54, 1.807) is 20.8 Å². The number of urea groups is 1. The van der Waals surface area contributed by atoms with Gasteiger partial charge in [0.15, 0.2) is 32.0 Å². The molecule has 0 saturated heterocycles. The maximum Gasteiger partial charge on any atom is 0.394 e. The Balaban J connectivity index is 0.000000141. The number of nitrogens with one attached hydrogen (secondary N) is 2. The number of aromatic nitrogens is 8. The first kappa shape index (κ1) is 92.3. The summed E-state index contributed by atoms with van der Waals surface area (Å²) in [5.41, 5.74) is 19.1. The zero-order valence-corrected chi connectivity index (χ0v) is 73.0. The van der Waals surface area contributed by atoms with E-state index in [4.69, 9.17) is 70.5 Å². The molecule has 35 nitrogen and oxygen atoms in total. The molecule has 0 spiro atoms. The second-order valence-electron chi connectivity index (χ2n) is 31.2. The van der Waals surface area contributed by atoms with Crippen LogP contribution in [0.5, 0.6) is 23.5 Å². The number of aryl methyl sites for hydroxylation is 4. The number of aliphatic hydroxyl groups is 3. The Morgan fingerprint density at radius 1 is 0.472 bits per heavy atom. The van der Waals surface area contributed by atoms with Crippen molar-refractivity contribution in [2.45, 2.75) is 187 Å². The van der Waals surface area contributed by atoms with Crippen LogP contribution in [0, 0.1) is 0 Å². The third kappa shape index (κ3) is 23.4. The third-order valence-electron chi connectivity index (χ3n) is 20.9. The average Bonchev–Trinajstić information content (AvgIpc) is 1.44. The molecule has 660 valence electrons. The van der Waals surface area contributed by atoms with Gasteiger partial charge in [0.25, 0.3) is 30.1 Å². The first-order chi connectivity index (χ1) is 58.2. The molecule has 10 aromatic rings. The second-order valence-corrected chi connectivity index (χ2v) is 39.9. The topological polar surface area (TPSA) is 497 Å². The van der Waals surface area contributed by atoms with Crippen LogP contribution < -0.4 is 39.9 Å². The molecule has 4 aliphatic heterocycles. The SMILES string of the molecule is CC1(O)COc2c(S(=O)(=O)N(Cc3ccccc3)Cc3ccccc3)cnn2C1.CC1(O)COc2c(S(=O)(=O)NC(=O)Nc3c4c(cc5c3CCC5)CCC4)cnn2C1.CC1(O)COc2c(S(N)(=O)=O)cnn2C1.ClCCl.Nc1c2c(cc3c1CCC3)CCC2.O=C1COc2c(S(=O)(=O)N(Cc3ccccc3)Cc3ccccc3)cnn2C1.O=S(=O)(O)O. The summed E-state index contributed by atoms with van der Waals surface area (Å²) in [5.74, 6) is 0.241. The van der Waals surface area contributed by atoms with Gasteiger partial charge in [-0.25, -0.2) is 67.1 Å². The number of halogens is 2. The van der Waals surface area contributed by atoms with Gasteiger partial charge in [0.2, 0.25) is 33.5 Å². The Kier molecular flexibility index (Phi) is 29.0. The van der Waals surface area contributed by atoms with Gasteiger partial charge in [-0.3, -0.25) is 13.9 Å². The van der Waals surface area contributed by atoms with Crippen molar-refractivity contribution in [3.8, 4) is 23.5 Å². The van der Waals surface area contributed by atoms with Crippen LogP contribution >= 0.6 is 23.2 Å². The molecule has 42 heteroatoms. The summed E-state index contributed by atoms with van der Waals surface area (Å²) in [5, 5.41) is 53.9. The number of fused-ring (bicyclic) bond motifs is 8. The number of nitrogens with zero attached hydrogens (tertiary/aromatic N) is 10. The fourth-order valence-electron chi connectivity index (χ4n) is 15.4. The number of nitrogen functional groups attached to an aromatic ring is 1. The highest BCUT2D eigenvalue weighted by Crippen LogP contribution is 2.41. The van der Waals surface area contributed by atoms with E-state index in [1.807, 2.05) is 121 Å². The Bertz CT molecular complexity index is 5910. The molecule has 4 aromatic heterocycles. The summed E-state index contributed by atoms with van der Waals surface area (Å²) in [6.07, 6.45) is 18.2. The number of carbonyl (C=O) groups is 2. The minimum absolute atomic E-state index is 0.0125. The maximum atomic E-state index is 13.6. The largest absolute Gasteiger partial charge is 0.474 e. The zero-order valence-electron chi connectivity index (χ0n) is 67.4. The molecule has 3 unspecified atom stereocenters. The summed E-state index contributed by atoms with van der Waals surface area (Å²) < 4.78 is 165. The van der Waals surface area contributed by atoms with Gasteiger partial charge in [-0.1, -0.05) is 133 Å². The number of Topliss-reactive ketones (excluding diaryl/α,β-unsaturated/α-hetero) is 1. The quantitative estimate of drug-likeness (QED) is 0.0252. The van der Waals surface area contributed by atoms with Gasteiger partial charge < -0.3 is 45.3 Å². The monoisotopic (exact) mass is 1830 g/mol. The number of alkyl halides is 2. The number of benzene rings is 6. The van der Waals surface area contributed by atoms with E-state index < -0.39 is 73.3 Å². The summed E-state index contributed by atoms with van der Waals surface area (Å²) in [6.45, 7) is 5.94. The number of hydrogen-bond acceptors (Lipinski definition) is 24. The number of anilines is 2. The number of ether oxygens (including phenoxy) is 4. The van der Waals surface area contributed by atoms with Gasteiger partial charge in [-0.05, 0) is 165 Å². The molecule has 8 heterocycles. The number of amides is 2. The van der Waals surface area contributed by atoms with Crippen molar-refractivity contribution in [2.24, 2.45) is 5.14 Å². The molecule has 3 atom stereocenters. The molecule has 18 rings (SSSR count). The number of sulfonamides is 4. The first-order valence-corrected chi connectivity index (χ1v) is 47.4. The van der Waals surface area contributed by atoms with Crippen LogP contribution in [0.25, 0.3) is 0 Å². The highest BCUT2D eigenvalue weighted by molar-refractivity contribution is 7.90. The van der Waals surface area contributed by atoms with E-state index in [0.29, 0.717) is 0 Å². The number of hydrogen-bond donors (Lipinski definition) is 9. The van der Waals surface area contributed by atoms with E-state index in [0.717, 1.165) is 95.7 Å². The number of ketones is 1. The molecular formula is C81H96Cl2N14O21S5. The standard InChI is InChI=1S/C21H23N3O4S.C20H24N4O5S.C20H19N3O4S.C12H15N.C7H11N3O4S.CH2Cl2.H2O4S/c1-21(25)15-24-20(28-16-21)19(12-22-24)29(26,27)23(13-17-8-4-2-5-9-17)14-18-10-6-3-7-11-18;1-20(26)10-24-18(29-11-20)16(9-21-24)30(27,28)23-19(25)22-17-14-6-2-4-12(14)8-13-5-3-7-15(13)17;24-18-14-23-20(27-15-18)19(11-21-23)28(25,26)22(12-16-7-3-1-4-8-16)13-17-9-5-2-6-10-17;13-12-10-5-1-3-8(10)7-9-4-2-6-11(9)12;1-7(11)3-10-6(14-4-7)5(2-9-10)15(8,12)13;2-1-3;1-5(2,3)4/h2-12,25H,13-16H2,1H3;8-9,26H,2-7,10-11H2,1H3,(H2,22,23,25);1-11H,12-15H2;7H,1-6,13H2;2,11H,3-4H2,1H3,(H2,8,12,13);1H2;(H2,1,2,3,4). The molecule has 0 radical (unpaired) electrons. The summed E-state index contributed by atoms with van der Waals surface area (Å²) >= 11 is 9.53. The molecule has 0 saturated carbocycles. The average molecular weight is 1830 g/mol. The molecule has 0 bridgehead atoms. The van der Waals surface area contributed by atoms with Crippen molar-refractivity contribution in [1.82, 2.24) is 52.5 Å². The summed E-state index contributed by atoms with van der Waals surface area (Å²) in [6, 6.07) is 41.6. The fraction of sp³-hybridized carbons (Fsp3) is 0.383. The molecule has 0 fully saturated rings. The van der Waals surface area contributed by atoms with Crippen LogP contribution in [-0.2, 0) is 159 Å². The Labute approximate surface area is 722 Å². The Morgan fingerprint density at radius 3 is 1.13 bits per heavy atom. The van der Waals surface area contributed by atoms with E-state index >= 15 is 0 Å². The van der Waals surface area contributed by atoms with Crippen LogP contribution in [0.1, 0.15) is 113 Å². The van der Waals surface area contributed by atoms with Gasteiger partial charge in [-0.15, -0.1) is 23.2 Å². The smallest absolute Gasteiger partial charge is 0.394 e. The second kappa shape index (κ2) is 38.7. The van der Waals surface area contributed by atoms with Gasteiger partial charge in [0.05, 0.1) is 49.8 Å². The van der Waals surface area contributed by atoms with Crippen LogP contribution in [-0.4, -0.2) is 175 Å². The summed E-state index contributed by atoms with van der Waals surface area (Å²) in [7, 11) is -20.5. The predicted molar refractivity (Wildman–Crippen MR) is 453 cm³/mol. The normalized spacial score (nSPS) is 18.8. The third-order valence-corrected chi connectivity index (χ3v) is 26.6. The van der Waals surface area contributed by atoms with Gasteiger partial charge >= 0.3 is 16.4 Å². The highest BCUT2D eigenvalue weighted by atomic mass is 35.5. The minimum atomic E-state index is -4.67. The number of carbonyl (C=O) groups excluding carboxylic acids is 2. The van der Waals surface area contributed by atoms with Crippen molar-refractivity contribution in [3.63, 3.8) is 0 Å². The fourth-order valence-corrected chi connectivity index (χ4v) is 19.9. The van der Waals surface area contributed by atoms with Crippen LogP contribution in [0.4, 0.5) is 16.2 Å². The van der Waals surface area contributed by atoms with Crippen molar-refractivity contribution in [3.05, 3.63) is 225 Å². The van der Waals surface area contributed by atoms with E-state index in [2.05, 4.69) is 42.6 Å². The molecule has 11 N–H and O–H groups in total. The minimum Gasteiger partial charge on any atom is -0.474 e. The van der Waals surface area contributed by atoms with Gasteiger partial charge in [0.1, 0.15) is 43.2 Å². The van der Waals surface area contributed by atoms with Crippen molar-refractivity contribution in [1.29, 1.82) is 0 Å². The van der Waals surface area contributed by atoms with E-state index in [9.17, 15) is 58.6 Å². The lowest BCUT2D eigenvalue weighted by molar-refractivity contribution is -0.123. The van der Waals surface area contributed by atoms with Gasteiger partial charge in [0, 0.05) is 37.6 Å². The number of rotatable bonds is 16. The van der Waals surface area contributed by atoms with Crippen molar-refractivity contribution in [2.75, 3.05) is 42.8 Å².